The van der Waals surface area contributed by atoms with Crippen LogP contribution >= 0.6 is 0 Å². The number of hydrogen-bond acceptors (Lipinski definition) is 2. The second-order valence-electron chi connectivity index (χ2n) is 17.2. The van der Waals surface area contributed by atoms with Crippen LogP contribution in [0.5, 0.6) is 0 Å². The Morgan fingerprint density at radius 1 is 0.328 bits per heavy atom. The molecule has 4 heteroatoms. The van der Waals surface area contributed by atoms with Crippen LogP contribution in [0.4, 0.5) is 0 Å². The second kappa shape index (κ2) is 14.8. The Kier molecular flexibility index (Phi) is 8.45. The molecule has 1 aliphatic carbocycles. The van der Waals surface area contributed by atoms with Crippen molar-refractivity contribution in [2.45, 2.75) is 25.7 Å². The molecule has 13 rings (SSSR count). The Hall–Kier alpha value is -8.08. The molecule has 0 radical (unpaired) electrons. The summed E-state index contributed by atoms with van der Waals surface area (Å²) in [5, 5.41) is 6.13. The van der Waals surface area contributed by atoms with Crippen molar-refractivity contribution < 1.29 is 0 Å². The first-order valence-electron chi connectivity index (χ1n) is 22.5. The van der Waals surface area contributed by atoms with Gasteiger partial charge in [-0.15, -0.1) is 0 Å². The number of aromatic nitrogens is 4. The van der Waals surface area contributed by atoms with Gasteiger partial charge in [-0.05, 0) is 120 Å². The van der Waals surface area contributed by atoms with Crippen molar-refractivity contribution in [1.29, 1.82) is 0 Å². The van der Waals surface area contributed by atoms with Crippen LogP contribution in [0, 0.1) is 0 Å². The van der Waals surface area contributed by atoms with Crippen molar-refractivity contribution in [2.75, 3.05) is 0 Å². The monoisotopic (exact) mass is 818 g/mol. The molecular weight excluding hydrogens is 777 g/mol. The van der Waals surface area contributed by atoms with Crippen LogP contribution in [0.1, 0.15) is 24.0 Å². The summed E-state index contributed by atoms with van der Waals surface area (Å²) in [5.74, 6) is 0.758. The molecule has 0 N–H and O–H groups in total. The van der Waals surface area contributed by atoms with E-state index in [1.807, 2.05) is 0 Å². The Balaban J connectivity index is 0.952. The molecule has 3 aromatic heterocycles. The zero-order chi connectivity index (χ0) is 42.1. The predicted octanol–water partition coefficient (Wildman–Crippen LogP) is 15.4. The Labute approximate surface area is 371 Å². The maximum atomic E-state index is 5.50. The zero-order valence-corrected chi connectivity index (χ0v) is 35.2. The lowest BCUT2D eigenvalue weighted by Crippen LogP contribution is -2.08. The molecule has 302 valence electrons. The molecule has 0 unspecified atom stereocenters. The first kappa shape index (κ1) is 36.6. The highest BCUT2D eigenvalue weighted by molar-refractivity contribution is 6.12. The van der Waals surface area contributed by atoms with E-state index in [2.05, 4.69) is 215 Å². The molecule has 0 atom stereocenters. The van der Waals surface area contributed by atoms with Gasteiger partial charge in [0.15, 0.2) is 5.82 Å². The van der Waals surface area contributed by atoms with Crippen molar-refractivity contribution in [3.63, 3.8) is 0 Å². The van der Waals surface area contributed by atoms with Gasteiger partial charge in [-0.25, -0.2) is 9.97 Å². The Bertz CT molecular complexity index is 3750. The summed E-state index contributed by atoms with van der Waals surface area (Å²) in [5.41, 5.74) is 19.0. The second-order valence-corrected chi connectivity index (χ2v) is 17.2. The van der Waals surface area contributed by atoms with E-state index in [0.29, 0.717) is 0 Å². The van der Waals surface area contributed by atoms with E-state index in [4.69, 9.17) is 9.97 Å². The van der Waals surface area contributed by atoms with Crippen molar-refractivity contribution in [3.05, 3.63) is 217 Å². The molecule has 0 saturated carbocycles. The number of benzene rings is 9. The number of rotatable bonds is 6. The summed E-state index contributed by atoms with van der Waals surface area (Å²) in [7, 11) is 0. The maximum absolute atomic E-state index is 5.50. The molecule has 9 aromatic carbocycles. The highest BCUT2D eigenvalue weighted by Gasteiger charge is 2.24. The standard InChI is InChI=1S/C60H42N4/c1-4-16-40(17-5-1)58-53-38-51(43-32-34-49-47-23-12-14-26-54(47)64(57(49)37-43)45-20-8-3-9-21-45)46-22-10-11-25-50(46)59(53)62-60(61-58)41-30-28-39(29-31-41)42-33-35-56-52(36-42)48-24-13-15-27-55(48)63(56)44-18-6-2-7-19-44/h1-9,12-21,23-24,26-38H,10-11,22,25H2. The fraction of sp³-hybridized carbons (Fsp3) is 0.0667. The average Bonchev–Trinajstić information content (AvgIpc) is 3.89. The fourth-order valence-electron chi connectivity index (χ4n) is 10.5. The van der Waals surface area contributed by atoms with Gasteiger partial charge in [0.1, 0.15) is 0 Å². The molecular formula is C60H42N4. The first-order valence-corrected chi connectivity index (χ1v) is 22.5. The van der Waals surface area contributed by atoms with Crippen LogP contribution in [0.3, 0.4) is 0 Å². The van der Waals surface area contributed by atoms with Gasteiger partial charge in [-0.3, -0.25) is 0 Å². The SMILES string of the molecule is c1ccc(-c2nc(-c3ccc(-c4ccc5c(c4)c4ccccc4n5-c4ccccc4)cc3)nc3c4c(c(-c5ccc6c7ccccc7n(-c7ccccc7)c6c5)cc23)CCCC4)cc1. The third-order valence-electron chi connectivity index (χ3n) is 13.5. The van der Waals surface area contributed by atoms with E-state index in [1.54, 1.807) is 0 Å². The quantitative estimate of drug-likeness (QED) is 0.168. The number of nitrogens with zero attached hydrogens (tertiary/aromatic N) is 4. The molecule has 64 heavy (non-hydrogen) atoms. The predicted molar refractivity (Wildman–Crippen MR) is 267 cm³/mol. The third kappa shape index (κ3) is 5.83. The van der Waals surface area contributed by atoms with Crippen LogP contribution in [0.2, 0.25) is 0 Å². The molecule has 1 aliphatic rings. The topological polar surface area (TPSA) is 35.6 Å². The molecule has 0 bridgehead atoms. The van der Waals surface area contributed by atoms with Crippen molar-refractivity contribution in [2.24, 2.45) is 0 Å². The molecule has 0 spiro atoms. The fourth-order valence-corrected chi connectivity index (χ4v) is 10.5. The summed E-state index contributed by atoms with van der Waals surface area (Å²) in [6.45, 7) is 0. The van der Waals surface area contributed by atoms with Crippen LogP contribution in [0.25, 0.3) is 111 Å². The molecule has 12 aromatic rings. The minimum Gasteiger partial charge on any atom is -0.309 e. The highest BCUT2D eigenvalue weighted by Crippen LogP contribution is 2.43. The number of fused-ring (bicyclic) bond motifs is 9. The van der Waals surface area contributed by atoms with Crippen molar-refractivity contribution in [1.82, 2.24) is 19.1 Å². The molecule has 0 aliphatic heterocycles. The Morgan fingerprint density at radius 3 is 1.56 bits per heavy atom. The summed E-state index contributed by atoms with van der Waals surface area (Å²) in [6.07, 6.45) is 4.35. The van der Waals surface area contributed by atoms with Gasteiger partial charge >= 0.3 is 0 Å². The molecule has 3 heterocycles. The van der Waals surface area contributed by atoms with Gasteiger partial charge in [0.05, 0.1) is 33.3 Å². The Morgan fingerprint density at radius 2 is 0.859 bits per heavy atom. The largest absolute Gasteiger partial charge is 0.309 e. The highest BCUT2D eigenvalue weighted by atomic mass is 15.0. The normalized spacial score (nSPS) is 12.8. The van der Waals surface area contributed by atoms with Crippen LogP contribution in [-0.4, -0.2) is 19.1 Å². The van der Waals surface area contributed by atoms with Crippen LogP contribution in [0.15, 0.2) is 206 Å². The van der Waals surface area contributed by atoms with E-state index in [0.717, 1.165) is 58.4 Å². The molecule has 0 fully saturated rings. The number of aryl methyl sites for hydroxylation is 1. The molecule has 0 saturated heterocycles. The van der Waals surface area contributed by atoms with Gasteiger partial charge in [-0.2, -0.15) is 0 Å². The lowest BCUT2D eigenvalue weighted by atomic mass is 9.83. The summed E-state index contributed by atoms with van der Waals surface area (Å²) >= 11 is 0. The lowest BCUT2D eigenvalue weighted by Gasteiger charge is -2.23. The van der Waals surface area contributed by atoms with E-state index in [-0.39, 0.29) is 0 Å². The van der Waals surface area contributed by atoms with E-state index < -0.39 is 0 Å². The molecule has 0 amide bonds. The van der Waals surface area contributed by atoms with E-state index in [9.17, 15) is 0 Å². The van der Waals surface area contributed by atoms with E-state index in [1.165, 1.54) is 89.2 Å². The third-order valence-corrected chi connectivity index (χ3v) is 13.5. The van der Waals surface area contributed by atoms with Gasteiger partial charge < -0.3 is 9.13 Å². The minimum absolute atomic E-state index is 0.758. The van der Waals surface area contributed by atoms with Crippen molar-refractivity contribution >= 4 is 54.5 Å². The van der Waals surface area contributed by atoms with Gasteiger partial charge in [0.25, 0.3) is 0 Å². The summed E-state index contributed by atoms with van der Waals surface area (Å²) in [4.78, 5) is 11.0. The van der Waals surface area contributed by atoms with Gasteiger partial charge in [-0.1, -0.05) is 146 Å². The van der Waals surface area contributed by atoms with Crippen LogP contribution in [-0.2, 0) is 12.8 Å². The average molecular weight is 819 g/mol. The molecule has 4 nitrogen and oxygen atoms in total. The van der Waals surface area contributed by atoms with E-state index >= 15 is 0 Å². The number of para-hydroxylation sites is 4. The van der Waals surface area contributed by atoms with Crippen LogP contribution < -0.4 is 0 Å². The minimum atomic E-state index is 0.758. The van der Waals surface area contributed by atoms with Gasteiger partial charge in [0, 0.05) is 49.4 Å². The summed E-state index contributed by atoms with van der Waals surface area (Å²) in [6, 6.07) is 74.7. The van der Waals surface area contributed by atoms with Gasteiger partial charge in [0.2, 0.25) is 0 Å². The maximum Gasteiger partial charge on any atom is 0.160 e. The van der Waals surface area contributed by atoms with Crippen molar-refractivity contribution in [3.8, 4) is 56.3 Å². The lowest BCUT2D eigenvalue weighted by molar-refractivity contribution is 0.690. The first-order chi connectivity index (χ1) is 31.7. The summed E-state index contributed by atoms with van der Waals surface area (Å²) < 4.78 is 4.78. The number of hydrogen-bond donors (Lipinski definition) is 0. The smallest absolute Gasteiger partial charge is 0.160 e. The zero-order valence-electron chi connectivity index (χ0n) is 35.2.